The van der Waals surface area contributed by atoms with Gasteiger partial charge in [-0.2, -0.15) is 0 Å². The number of rotatable bonds is 7. The SMILES string of the molecule is CCN(CCO)C(C(=O)c1ccccc1)c1ccccc1. The number of hydrogen-bond acceptors (Lipinski definition) is 3. The summed E-state index contributed by atoms with van der Waals surface area (Å²) >= 11 is 0. The van der Waals surface area contributed by atoms with Gasteiger partial charge in [-0.05, 0) is 12.1 Å². The van der Waals surface area contributed by atoms with Crippen LogP contribution in [0.5, 0.6) is 0 Å². The predicted molar refractivity (Wildman–Crippen MR) is 84.3 cm³/mol. The summed E-state index contributed by atoms with van der Waals surface area (Å²) in [6, 6.07) is 18.7. The number of nitrogens with zero attached hydrogens (tertiary/aromatic N) is 1. The minimum atomic E-state index is -0.356. The molecule has 0 amide bonds. The lowest BCUT2D eigenvalue weighted by Gasteiger charge is -2.29. The van der Waals surface area contributed by atoms with Crippen molar-refractivity contribution in [2.75, 3.05) is 19.7 Å². The van der Waals surface area contributed by atoms with Crippen molar-refractivity contribution in [3.63, 3.8) is 0 Å². The van der Waals surface area contributed by atoms with Gasteiger partial charge in [0.05, 0.1) is 12.6 Å². The Morgan fingerprint density at radius 3 is 2.14 bits per heavy atom. The van der Waals surface area contributed by atoms with Crippen LogP contribution in [0.15, 0.2) is 60.7 Å². The smallest absolute Gasteiger partial charge is 0.184 e. The number of carbonyl (C=O) groups is 1. The van der Waals surface area contributed by atoms with Crippen LogP contribution >= 0.6 is 0 Å². The highest BCUT2D eigenvalue weighted by Crippen LogP contribution is 2.24. The molecule has 0 saturated heterocycles. The Hall–Kier alpha value is -1.97. The molecule has 2 aromatic carbocycles. The fraction of sp³-hybridized carbons (Fsp3) is 0.278. The summed E-state index contributed by atoms with van der Waals surface area (Å²) in [5.41, 5.74) is 1.66. The van der Waals surface area contributed by atoms with Gasteiger partial charge in [-0.1, -0.05) is 67.6 Å². The van der Waals surface area contributed by atoms with Gasteiger partial charge in [0.25, 0.3) is 0 Å². The zero-order valence-corrected chi connectivity index (χ0v) is 12.3. The lowest BCUT2D eigenvalue weighted by atomic mass is 9.96. The molecular formula is C18H21NO2. The van der Waals surface area contributed by atoms with Crippen LogP contribution in [0.4, 0.5) is 0 Å². The van der Waals surface area contributed by atoms with Gasteiger partial charge >= 0.3 is 0 Å². The van der Waals surface area contributed by atoms with Crippen LogP contribution < -0.4 is 0 Å². The van der Waals surface area contributed by atoms with Crippen molar-refractivity contribution in [1.82, 2.24) is 4.90 Å². The molecule has 0 aliphatic carbocycles. The van der Waals surface area contributed by atoms with Crippen LogP contribution in [0.2, 0.25) is 0 Å². The molecule has 0 aliphatic rings. The van der Waals surface area contributed by atoms with E-state index in [4.69, 9.17) is 0 Å². The standard InChI is InChI=1S/C18H21NO2/c1-2-19(13-14-20)17(15-9-5-3-6-10-15)18(21)16-11-7-4-8-12-16/h3-12,17,20H,2,13-14H2,1H3. The number of likely N-dealkylation sites (N-methyl/N-ethyl adjacent to an activating group) is 1. The van der Waals surface area contributed by atoms with Crippen molar-refractivity contribution in [3.8, 4) is 0 Å². The van der Waals surface area contributed by atoms with E-state index in [0.29, 0.717) is 18.7 Å². The van der Waals surface area contributed by atoms with Crippen molar-refractivity contribution in [3.05, 3.63) is 71.8 Å². The van der Waals surface area contributed by atoms with E-state index in [-0.39, 0.29) is 18.4 Å². The van der Waals surface area contributed by atoms with Gasteiger partial charge in [0.15, 0.2) is 5.78 Å². The summed E-state index contributed by atoms with van der Waals surface area (Å²) in [7, 11) is 0. The molecule has 110 valence electrons. The summed E-state index contributed by atoms with van der Waals surface area (Å²) in [5, 5.41) is 9.26. The maximum atomic E-state index is 12.9. The van der Waals surface area contributed by atoms with E-state index in [9.17, 15) is 9.90 Å². The van der Waals surface area contributed by atoms with Crippen LogP contribution in [0, 0.1) is 0 Å². The first kappa shape index (κ1) is 15.4. The summed E-state index contributed by atoms with van der Waals surface area (Å²) in [6.45, 7) is 3.23. The highest BCUT2D eigenvalue weighted by atomic mass is 16.3. The van der Waals surface area contributed by atoms with E-state index in [2.05, 4.69) is 0 Å². The molecule has 1 atom stereocenters. The molecule has 3 heteroatoms. The van der Waals surface area contributed by atoms with Crippen LogP contribution in [0.25, 0.3) is 0 Å². The van der Waals surface area contributed by atoms with Crippen LogP contribution in [0.3, 0.4) is 0 Å². The van der Waals surface area contributed by atoms with Crippen molar-refractivity contribution in [2.24, 2.45) is 0 Å². The summed E-state index contributed by atoms with van der Waals surface area (Å²) in [4.78, 5) is 14.9. The van der Waals surface area contributed by atoms with Crippen molar-refractivity contribution >= 4 is 5.78 Å². The molecule has 1 N–H and O–H groups in total. The van der Waals surface area contributed by atoms with E-state index in [1.807, 2.05) is 72.5 Å². The zero-order valence-electron chi connectivity index (χ0n) is 12.3. The molecule has 3 nitrogen and oxygen atoms in total. The van der Waals surface area contributed by atoms with Crippen LogP contribution in [-0.4, -0.2) is 35.5 Å². The molecule has 1 unspecified atom stereocenters. The zero-order chi connectivity index (χ0) is 15.1. The topological polar surface area (TPSA) is 40.5 Å². The van der Waals surface area contributed by atoms with E-state index in [1.54, 1.807) is 0 Å². The summed E-state index contributed by atoms with van der Waals surface area (Å²) in [6.07, 6.45) is 0. The van der Waals surface area contributed by atoms with Crippen molar-refractivity contribution in [2.45, 2.75) is 13.0 Å². The predicted octanol–water partition coefficient (Wildman–Crippen LogP) is 2.92. The fourth-order valence-corrected chi connectivity index (χ4v) is 2.52. The minimum Gasteiger partial charge on any atom is -0.395 e. The quantitative estimate of drug-likeness (QED) is 0.794. The Morgan fingerprint density at radius 2 is 1.62 bits per heavy atom. The number of benzene rings is 2. The second-order valence-corrected chi connectivity index (χ2v) is 4.90. The average Bonchev–Trinajstić information content (AvgIpc) is 2.56. The van der Waals surface area contributed by atoms with Crippen molar-refractivity contribution in [1.29, 1.82) is 0 Å². The largest absolute Gasteiger partial charge is 0.395 e. The van der Waals surface area contributed by atoms with E-state index < -0.39 is 0 Å². The Balaban J connectivity index is 2.38. The van der Waals surface area contributed by atoms with Gasteiger partial charge in [-0.15, -0.1) is 0 Å². The Labute approximate surface area is 125 Å². The first-order chi connectivity index (χ1) is 10.3. The maximum Gasteiger partial charge on any atom is 0.184 e. The average molecular weight is 283 g/mol. The first-order valence-electron chi connectivity index (χ1n) is 7.27. The third kappa shape index (κ3) is 3.78. The third-order valence-corrected chi connectivity index (χ3v) is 3.58. The molecule has 0 aliphatic heterocycles. The molecule has 0 radical (unpaired) electrons. The second-order valence-electron chi connectivity index (χ2n) is 4.90. The van der Waals surface area contributed by atoms with Gasteiger partial charge in [0.1, 0.15) is 0 Å². The number of hydrogen-bond donors (Lipinski definition) is 1. The molecule has 2 rings (SSSR count). The number of carbonyl (C=O) groups excluding carboxylic acids is 1. The molecule has 2 aromatic rings. The molecule has 0 spiro atoms. The van der Waals surface area contributed by atoms with Crippen LogP contribution in [-0.2, 0) is 0 Å². The Bertz CT molecular complexity index is 554. The van der Waals surface area contributed by atoms with Gasteiger partial charge in [-0.3, -0.25) is 9.69 Å². The molecular weight excluding hydrogens is 262 g/mol. The van der Waals surface area contributed by atoms with Gasteiger partial charge in [-0.25, -0.2) is 0 Å². The molecule has 0 bridgehead atoms. The third-order valence-electron chi connectivity index (χ3n) is 3.58. The molecule has 0 heterocycles. The van der Waals surface area contributed by atoms with Crippen molar-refractivity contribution < 1.29 is 9.90 Å². The highest BCUT2D eigenvalue weighted by molar-refractivity contribution is 6.00. The number of Topliss-reactive ketones (excluding diaryl/α,β-unsaturated/α-hetero) is 1. The Morgan fingerprint density at radius 1 is 1.05 bits per heavy atom. The van der Waals surface area contributed by atoms with Gasteiger partial charge in [0.2, 0.25) is 0 Å². The summed E-state index contributed by atoms with van der Waals surface area (Å²) in [5.74, 6) is 0.0668. The molecule has 0 aromatic heterocycles. The van der Waals surface area contributed by atoms with Gasteiger partial charge in [0, 0.05) is 12.1 Å². The highest BCUT2D eigenvalue weighted by Gasteiger charge is 2.27. The van der Waals surface area contributed by atoms with Gasteiger partial charge < -0.3 is 5.11 Å². The lowest BCUT2D eigenvalue weighted by Crippen LogP contribution is -2.36. The molecule has 21 heavy (non-hydrogen) atoms. The molecule has 0 fully saturated rings. The second kappa shape index (κ2) is 7.72. The first-order valence-corrected chi connectivity index (χ1v) is 7.27. The molecule has 0 saturated carbocycles. The normalized spacial score (nSPS) is 12.3. The van der Waals surface area contributed by atoms with E-state index >= 15 is 0 Å². The number of aliphatic hydroxyl groups excluding tert-OH is 1. The fourth-order valence-electron chi connectivity index (χ4n) is 2.52. The number of ketones is 1. The van der Waals surface area contributed by atoms with E-state index in [0.717, 1.165) is 5.56 Å². The summed E-state index contributed by atoms with van der Waals surface area (Å²) < 4.78 is 0. The minimum absolute atomic E-state index is 0.0409. The Kier molecular flexibility index (Phi) is 5.67. The number of aliphatic hydroxyl groups is 1. The van der Waals surface area contributed by atoms with Crippen LogP contribution in [0.1, 0.15) is 28.9 Å². The van der Waals surface area contributed by atoms with E-state index in [1.165, 1.54) is 0 Å². The maximum absolute atomic E-state index is 12.9. The monoisotopic (exact) mass is 283 g/mol. The lowest BCUT2D eigenvalue weighted by molar-refractivity contribution is 0.0793.